The van der Waals surface area contributed by atoms with Crippen LogP contribution in [0.4, 0.5) is 5.69 Å². The number of hydrogen-bond acceptors (Lipinski definition) is 3. The number of sulfonamides is 1. The molecule has 0 aliphatic heterocycles. The number of rotatable bonds is 5. The highest BCUT2D eigenvalue weighted by Gasteiger charge is 2.18. The SMILES string of the molecule is CC(=O)Nc1ccc(S(=O)(=O)NC(C)c2ccc(C)c(C)c2)cc1. The molecule has 1 atom stereocenters. The van der Waals surface area contributed by atoms with Gasteiger partial charge >= 0.3 is 0 Å². The average molecular weight is 346 g/mol. The third kappa shape index (κ3) is 4.43. The molecule has 2 aromatic rings. The minimum atomic E-state index is -3.64. The van der Waals surface area contributed by atoms with E-state index in [2.05, 4.69) is 10.0 Å². The molecule has 1 amide bonds. The third-order valence-corrected chi connectivity index (χ3v) is 5.40. The molecule has 128 valence electrons. The molecular weight excluding hydrogens is 324 g/mol. The molecule has 0 bridgehead atoms. The van der Waals surface area contributed by atoms with Gasteiger partial charge in [-0.2, -0.15) is 0 Å². The van der Waals surface area contributed by atoms with Gasteiger partial charge in [0, 0.05) is 18.7 Å². The average Bonchev–Trinajstić information content (AvgIpc) is 2.49. The summed E-state index contributed by atoms with van der Waals surface area (Å²) in [6.45, 7) is 7.23. The smallest absolute Gasteiger partial charge is 0.241 e. The Balaban J connectivity index is 2.17. The molecule has 0 spiro atoms. The Bertz CT molecular complexity index is 843. The van der Waals surface area contributed by atoms with E-state index in [4.69, 9.17) is 0 Å². The van der Waals surface area contributed by atoms with Crippen LogP contribution in [0.15, 0.2) is 47.4 Å². The van der Waals surface area contributed by atoms with Gasteiger partial charge in [0.15, 0.2) is 0 Å². The van der Waals surface area contributed by atoms with Crippen LogP contribution in [0.2, 0.25) is 0 Å². The summed E-state index contributed by atoms with van der Waals surface area (Å²) >= 11 is 0. The van der Waals surface area contributed by atoms with Gasteiger partial charge in [0.25, 0.3) is 0 Å². The third-order valence-electron chi connectivity index (χ3n) is 3.85. The molecule has 0 aliphatic rings. The van der Waals surface area contributed by atoms with E-state index in [1.165, 1.54) is 24.6 Å². The van der Waals surface area contributed by atoms with Gasteiger partial charge in [0.05, 0.1) is 4.90 Å². The van der Waals surface area contributed by atoms with Crippen molar-refractivity contribution in [3.63, 3.8) is 0 Å². The number of nitrogens with one attached hydrogen (secondary N) is 2. The highest BCUT2D eigenvalue weighted by molar-refractivity contribution is 7.89. The molecule has 0 radical (unpaired) electrons. The zero-order valence-corrected chi connectivity index (χ0v) is 15.1. The van der Waals surface area contributed by atoms with Crippen molar-refractivity contribution in [1.82, 2.24) is 4.72 Å². The van der Waals surface area contributed by atoms with Gasteiger partial charge in [-0.15, -0.1) is 0 Å². The number of benzene rings is 2. The van der Waals surface area contributed by atoms with Gasteiger partial charge in [0.1, 0.15) is 0 Å². The first-order chi connectivity index (χ1) is 11.2. The van der Waals surface area contributed by atoms with Crippen molar-refractivity contribution >= 4 is 21.6 Å². The maximum absolute atomic E-state index is 12.5. The van der Waals surface area contributed by atoms with Crippen LogP contribution in [0.25, 0.3) is 0 Å². The molecular formula is C18H22N2O3S. The molecule has 2 aromatic carbocycles. The predicted molar refractivity (Wildman–Crippen MR) is 95.4 cm³/mol. The molecule has 5 nitrogen and oxygen atoms in total. The number of amides is 1. The normalized spacial score (nSPS) is 12.7. The van der Waals surface area contributed by atoms with Crippen molar-refractivity contribution in [2.24, 2.45) is 0 Å². The Morgan fingerprint density at radius 1 is 1.00 bits per heavy atom. The van der Waals surface area contributed by atoms with Crippen molar-refractivity contribution < 1.29 is 13.2 Å². The molecule has 1 unspecified atom stereocenters. The molecule has 2 N–H and O–H groups in total. The van der Waals surface area contributed by atoms with Crippen molar-refractivity contribution in [3.05, 3.63) is 59.2 Å². The van der Waals surface area contributed by atoms with Crippen LogP contribution in [-0.2, 0) is 14.8 Å². The Morgan fingerprint density at radius 2 is 1.62 bits per heavy atom. The lowest BCUT2D eigenvalue weighted by atomic mass is 10.0. The zero-order chi connectivity index (χ0) is 17.9. The number of carbonyl (C=O) groups is 1. The van der Waals surface area contributed by atoms with Crippen LogP contribution >= 0.6 is 0 Å². The lowest BCUT2D eigenvalue weighted by Crippen LogP contribution is -2.27. The van der Waals surface area contributed by atoms with E-state index in [0.717, 1.165) is 11.1 Å². The number of hydrogen-bond donors (Lipinski definition) is 2. The monoisotopic (exact) mass is 346 g/mol. The lowest BCUT2D eigenvalue weighted by Gasteiger charge is -2.16. The summed E-state index contributed by atoms with van der Waals surface area (Å²) in [5.74, 6) is -0.202. The summed E-state index contributed by atoms with van der Waals surface area (Å²) in [6.07, 6.45) is 0. The Hall–Kier alpha value is -2.18. The van der Waals surface area contributed by atoms with E-state index in [9.17, 15) is 13.2 Å². The van der Waals surface area contributed by atoms with E-state index < -0.39 is 10.0 Å². The van der Waals surface area contributed by atoms with Crippen LogP contribution in [0.1, 0.15) is 36.6 Å². The molecule has 0 saturated heterocycles. The maximum atomic E-state index is 12.5. The van der Waals surface area contributed by atoms with Crippen LogP contribution < -0.4 is 10.0 Å². The standard InChI is InChI=1S/C18H22N2O3S/c1-12-5-6-16(11-13(12)2)14(3)20-24(22,23)18-9-7-17(8-10-18)19-15(4)21/h5-11,14,20H,1-4H3,(H,19,21). The number of carbonyl (C=O) groups excluding carboxylic acids is 1. The van der Waals surface area contributed by atoms with E-state index in [1.54, 1.807) is 12.1 Å². The summed E-state index contributed by atoms with van der Waals surface area (Å²) < 4.78 is 27.7. The van der Waals surface area contributed by atoms with Crippen molar-refractivity contribution in [2.75, 3.05) is 5.32 Å². The Labute approximate surface area is 143 Å². The summed E-state index contributed by atoms with van der Waals surface area (Å²) in [5.41, 5.74) is 3.76. The van der Waals surface area contributed by atoms with E-state index in [0.29, 0.717) is 5.69 Å². The van der Waals surface area contributed by atoms with Gasteiger partial charge in [-0.25, -0.2) is 13.1 Å². The molecule has 0 saturated carbocycles. The van der Waals surface area contributed by atoms with Crippen LogP contribution in [0.3, 0.4) is 0 Å². The van der Waals surface area contributed by atoms with Crippen molar-refractivity contribution in [2.45, 2.75) is 38.6 Å². The molecule has 0 aliphatic carbocycles. The second-order valence-electron chi connectivity index (χ2n) is 5.89. The molecule has 2 rings (SSSR count). The Kier molecular flexibility index (Phi) is 5.41. The Morgan fingerprint density at radius 3 is 2.17 bits per heavy atom. The quantitative estimate of drug-likeness (QED) is 0.872. The number of aryl methyl sites for hydroxylation is 2. The van der Waals surface area contributed by atoms with Gasteiger partial charge < -0.3 is 5.32 Å². The van der Waals surface area contributed by atoms with Crippen LogP contribution in [0.5, 0.6) is 0 Å². The van der Waals surface area contributed by atoms with E-state index >= 15 is 0 Å². The van der Waals surface area contributed by atoms with Gasteiger partial charge in [-0.1, -0.05) is 18.2 Å². The fraction of sp³-hybridized carbons (Fsp3) is 0.278. The highest BCUT2D eigenvalue weighted by atomic mass is 32.2. The van der Waals surface area contributed by atoms with Gasteiger partial charge in [-0.3, -0.25) is 4.79 Å². The zero-order valence-electron chi connectivity index (χ0n) is 14.3. The highest BCUT2D eigenvalue weighted by Crippen LogP contribution is 2.20. The fourth-order valence-electron chi connectivity index (χ4n) is 2.32. The maximum Gasteiger partial charge on any atom is 0.241 e. The van der Waals surface area contributed by atoms with Gasteiger partial charge in [0.2, 0.25) is 15.9 Å². The molecule has 0 fully saturated rings. The van der Waals surface area contributed by atoms with Crippen molar-refractivity contribution in [3.8, 4) is 0 Å². The largest absolute Gasteiger partial charge is 0.326 e. The second-order valence-corrected chi connectivity index (χ2v) is 7.61. The molecule has 0 aromatic heterocycles. The first-order valence-electron chi connectivity index (χ1n) is 7.66. The summed E-state index contributed by atoms with van der Waals surface area (Å²) in [5, 5.41) is 2.61. The summed E-state index contributed by atoms with van der Waals surface area (Å²) in [6, 6.07) is 11.6. The molecule has 24 heavy (non-hydrogen) atoms. The van der Waals surface area contributed by atoms with E-state index in [1.807, 2.05) is 39.0 Å². The summed E-state index contributed by atoms with van der Waals surface area (Å²) in [4.78, 5) is 11.2. The molecule has 6 heteroatoms. The van der Waals surface area contributed by atoms with Crippen LogP contribution in [0, 0.1) is 13.8 Å². The van der Waals surface area contributed by atoms with Gasteiger partial charge in [-0.05, 0) is 61.7 Å². The van der Waals surface area contributed by atoms with Crippen LogP contribution in [-0.4, -0.2) is 14.3 Å². The predicted octanol–water partition coefficient (Wildman–Crippen LogP) is 3.30. The van der Waals surface area contributed by atoms with E-state index in [-0.39, 0.29) is 16.8 Å². The first-order valence-corrected chi connectivity index (χ1v) is 9.14. The second kappa shape index (κ2) is 7.15. The minimum Gasteiger partial charge on any atom is -0.326 e. The minimum absolute atomic E-state index is 0.160. The summed E-state index contributed by atoms with van der Waals surface area (Å²) in [7, 11) is -3.64. The van der Waals surface area contributed by atoms with Crippen molar-refractivity contribution in [1.29, 1.82) is 0 Å². The molecule has 0 heterocycles. The topological polar surface area (TPSA) is 75.3 Å². The number of anilines is 1. The lowest BCUT2D eigenvalue weighted by molar-refractivity contribution is -0.114. The first kappa shape index (κ1) is 18.2. The fourth-order valence-corrected chi connectivity index (χ4v) is 3.56.